The maximum absolute atomic E-state index is 13.1. The second-order valence-corrected chi connectivity index (χ2v) is 7.81. The highest BCUT2D eigenvalue weighted by Gasteiger charge is 2.18. The molecule has 0 N–H and O–H groups in total. The van der Waals surface area contributed by atoms with Gasteiger partial charge >= 0.3 is 0 Å². The van der Waals surface area contributed by atoms with Crippen LogP contribution in [0, 0.1) is 13.8 Å². The van der Waals surface area contributed by atoms with E-state index in [4.69, 9.17) is 11.6 Å². The number of fused-ring (bicyclic) bond motifs is 4. The number of rotatable bonds is 1. The van der Waals surface area contributed by atoms with Crippen LogP contribution in [0.3, 0.4) is 0 Å². The third-order valence-corrected chi connectivity index (χ3v) is 6.37. The Morgan fingerprint density at radius 1 is 1.07 bits per heavy atom. The van der Waals surface area contributed by atoms with Gasteiger partial charge in [0.15, 0.2) is 0 Å². The topological polar surface area (TPSA) is 60.7 Å². The number of aromatic nitrogens is 4. The Hall–Kier alpha value is -2.83. The molecule has 0 saturated carbocycles. The van der Waals surface area contributed by atoms with Crippen LogP contribution in [0.5, 0.6) is 0 Å². The quantitative estimate of drug-likeness (QED) is 0.410. The van der Waals surface area contributed by atoms with Gasteiger partial charge in [-0.05, 0) is 42.3 Å². The zero-order chi connectivity index (χ0) is 18.7. The van der Waals surface area contributed by atoms with Crippen molar-refractivity contribution in [1.29, 1.82) is 0 Å². The highest BCUT2D eigenvalue weighted by molar-refractivity contribution is 7.25. The van der Waals surface area contributed by atoms with Crippen molar-refractivity contribution in [2.75, 3.05) is 0 Å². The smallest absolute Gasteiger partial charge is 0.266 e. The Morgan fingerprint density at radius 3 is 2.67 bits per heavy atom. The number of nitrogens with zero attached hydrogens (tertiary/aromatic N) is 4. The molecule has 0 fully saturated rings. The SMILES string of the molecule is Cc1nc2sc3c(=O)n(-c4ccc5ccccc5c4)nnc3c2c(C)c1Cl. The predicted molar refractivity (Wildman–Crippen MR) is 110 cm³/mol. The summed E-state index contributed by atoms with van der Waals surface area (Å²) in [5.74, 6) is 0. The third-order valence-electron chi connectivity index (χ3n) is 4.75. The first kappa shape index (κ1) is 16.4. The fourth-order valence-electron chi connectivity index (χ4n) is 3.35. The Morgan fingerprint density at radius 2 is 1.85 bits per heavy atom. The van der Waals surface area contributed by atoms with E-state index in [1.165, 1.54) is 16.0 Å². The molecular formula is C20H13ClN4OS. The van der Waals surface area contributed by atoms with Gasteiger partial charge in [0.1, 0.15) is 15.0 Å². The molecule has 0 aliphatic rings. The van der Waals surface area contributed by atoms with E-state index in [9.17, 15) is 4.79 Å². The molecule has 0 radical (unpaired) electrons. The fraction of sp³-hybridized carbons (Fsp3) is 0.100. The van der Waals surface area contributed by atoms with Gasteiger partial charge in [0.2, 0.25) is 0 Å². The summed E-state index contributed by atoms with van der Waals surface area (Å²) in [7, 11) is 0. The van der Waals surface area contributed by atoms with Crippen molar-refractivity contribution in [2.45, 2.75) is 13.8 Å². The summed E-state index contributed by atoms with van der Waals surface area (Å²) in [6.07, 6.45) is 0. The minimum Gasteiger partial charge on any atom is -0.266 e. The highest BCUT2D eigenvalue weighted by atomic mass is 35.5. The molecule has 132 valence electrons. The van der Waals surface area contributed by atoms with E-state index in [1.54, 1.807) is 0 Å². The fourth-order valence-corrected chi connectivity index (χ4v) is 4.63. The molecule has 0 saturated heterocycles. The van der Waals surface area contributed by atoms with Crippen LogP contribution in [0.25, 0.3) is 36.9 Å². The van der Waals surface area contributed by atoms with Crippen molar-refractivity contribution in [3.8, 4) is 5.69 Å². The molecule has 0 spiro atoms. The van der Waals surface area contributed by atoms with E-state index in [0.29, 0.717) is 20.9 Å². The van der Waals surface area contributed by atoms with E-state index in [2.05, 4.69) is 15.3 Å². The second-order valence-electron chi connectivity index (χ2n) is 6.43. The van der Waals surface area contributed by atoms with Crippen LogP contribution in [0.15, 0.2) is 47.3 Å². The maximum atomic E-state index is 13.1. The Labute approximate surface area is 162 Å². The van der Waals surface area contributed by atoms with Gasteiger partial charge in [-0.3, -0.25) is 4.79 Å². The average Bonchev–Trinajstić information content (AvgIpc) is 3.05. The third kappa shape index (κ3) is 2.37. The molecule has 5 nitrogen and oxygen atoms in total. The summed E-state index contributed by atoms with van der Waals surface area (Å²) in [4.78, 5) is 18.4. The van der Waals surface area contributed by atoms with Gasteiger partial charge in [-0.1, -0.05) is 47.1 Å². The monoisotopic (exact) mass is 392 g/mol. The largest absolute Gasteiger partial charge is 0.292 e. The summed E-state index contributed by atoms with van der Waals surface area (Å²) in [5.41, 5.74) is 2.67. The van der Waals surface area contributed by atoms with Crippen LogP contribution >= 0.6 is 22.9 Å². The molecule has 3 heterocycles. The highest BCUT2D eigenvalue weighted by Crippen LogP contribution is 2.35. The number of thiophene rings is 1. The number of hydrogen-bond acceptors (Lipinski definition) is 5. The first-order valence-electron chi connectivity index (χ1n) is 8.38. The van der Waals surface area contributed by atoms with Crippen LogP contribution in [0.4, 0.5) is 0 Å². The molecule has 7 heteroatoms. The van der Waals surface area contributed by atoms with Crippen molar-refractivity contribution in [2.24, 2.45) is 0 Å². The molecule has 0 bridgehead atoms. The standard InChI is InChI=1S/C20H13ClN4OS/c1-10-15-17-18(27-19(15)22-11(2)16(10)21)20(26)25(24-23-17)14-8-7-12-5-3-4-6-13(12)9-14/h3-9H,1-2H3. The number of aryl methyl sites for hydroxylation is 2. The van der Waals surface area contributed by atoms with E-state index >= 15 is 0 Å². The number of halogens is 1. The van der Waals surface area contributed by atoms with Gasteiger partial charge in [0.25, 0.3) is 5.56 Å². The predicted octanol–water partition coefficient (Wildman–Crippen LogP) is 4.81. The molecule has 0 aliphatic carbocycles. The molecule has 5 aromatic rings. The van der Waals surface area contributed by atoms with Crippen LogP contribution in [-0.4, -0.2) is 20.0 Å². The van der Waals surface area contributed by atoms with Crippen molar-refractivity contribution >= 4 is 54.1 Å². The zero-order valence-corrected chi connectivity index (χ0v) is 16.1. The summed E-state index contributed by atoms with van der Waals surface area (Å²) in [6.45, 7) is 3.78. The molecule has 0 unspecified atom stereocenters. The number of hydrogen-bond donors (Lipinski definition) is 0. The Balaban J connectivity index is 1.81. The lowest BCUT2D eigenvalue weighted by Gasteiger charge is -2.05. The molecule has 0 amide bonds. The minimum atomic E-state index is -0.202. The van der Waals surface area contributed by atoms with Crippen molar-refractivity contribution in [3.63, 3.8) is 0 Å². The van der Waals surface area contributed by atoms with Crippen molar-refractivity contribution in [3.05, 3.63) is 69.1 Å². The van der Waals surface area contributed by atoms with E-state index < -0.39 is 0 Å². The zero-order valence-electron chi connectivity index (χ0n) is 14.5. The van der Waals surface area contributed by atoms with Crippen LogP contribution in [0.1, 0.15) is 11.3 Å². The summed E-state index contributed by atoms with van der Waals surface area (Å²) in [6, 6.07) is 13.8. The van der Waals surface area contributed by atoms with Gasteiger partial charge in [-0.25, -0.2) is 4.98 Å². The van der Waals surface area contributed by atoms with Gasteiger partial charge < -0.3 is 0 Å². The average molecular weight is 393 g/mol. The first-order chi connectivity index (χ1) is 13.0. The summed E-state index contributed by atoms with van der Waals surface area (Å²) in [5, 5.41) is 12.1. The Kier molecular flexibility index (Phi) is 3.54. The van der Waals surface area contributed by atoms with E-state index in [0.717, 1.165) is 32.2 Å². The van der Waals surface area contributed by atoms with Crippen LogP contribution in [0.2, 0.25) is 5.02 Å². The number of pyridine rings is 1. The number of benzene rings is 2. The van der Waals surface area contributed by atoms with Gasteiger partial charge in [0, 0.05) is 5.39 Å². The van der Waals surface area contributed by atoms with Crippen LogP contribution < -0.4 is 5.56 Å². The van der Waals surface area contributed by atoms with Crippen LogP contribution in [-0.2, 0) is 0 Å². The molecule has 2 aromatic carbocycles. The molecule has 0 atom stereocenters. The second kappa shape index (κ2) is 5.84. The summed E-state index contributed by atoms with van der Waals surface area (Å²) >= 11 is 7.68. The lowest BCUT2D eigenvalue weighted by molar-refractivity contribution is 0.741. The Bertz CT molecular complexity index is 1440. The lowest BCUT2D eigenvalue weighted by atomic mass is 10.1. The van der Waals surface area contributed by atoms with Gasteiger partial charge in [0.05, 0.1) is 16.4 Å². The van der Waals surface area contributed by atoms with E-state index in [1.807, 2.05) is 56.3 Å². The molecule has 3 aromatic heterocycles. The molecule has 0 aliphatic heterocycles. The normalized spacial score (nSPS) is 11.7. The first-order valence-corrected chi connectivity index (χ1v) is 9.58. The van der Waals surface area contributed by atoms with Crippen molar-refractivity contribution in [1.82, 2.24) is 20.0 Å². The van der Waals surface area contributed by atoms with Gasteiger partial charge in [-0.15, -0.1) is 16.4 Å². The van der Waals surface area contributed by atoms with Gasteiger partial charge in [-0.2, -0.15) is 4.68 Å². The molecule has 27 heavy (non-hydrogen) atoms. The lowest BCUT2D eigenvalue weighted by Crippen LogP contribution is -2.21. The van der Waals surface area contributed by atoms with E-state index in [-0.39, 0.29) is 5.56 Å². The summed E-state index contributed by atoms with van der Waals surface area (Å²) < 4.78 is 1.87. The minimum absolute atomic E-state index is 0.202. The van der Waals surface area contributed by atoms with Crippen molar-refractivity contribution < 1.29 is 0 Å². The molecule has 5 rings (SSSR count). The maximum Gasteiger partial charge on any atom is 0.292 e. The molecular weight excluding hydrogens is 380 g/mol.